The Labute approximate surface area is 145 Å². The molecular weight excluding hydrogens is 393 g/mol. The molecule has 118 valence electrons. The van der Waals surface area contributed by atoms with Crippen molar-refractivity contribution in [1.82, 2.24) is 4.98 Å². The minimum Gasteiger partial charge on any atom is -0.327 e. The van der Waals surface area contributed by atoms with Gasteiger partial charge in [-0.3, -0.25) is 10.1 Å². The zero-order chi connectivity index (χ0) is 15.0. The van der Waals surface area contributed by atoms with Gasteiger partial charge in [0.1, 0.15) is 5.82 Å². The van der Waals surface area contributed by atoms with Crippen molar-refractivity contribution < 1.29 is 9.18 Å². The van der Waals surface area contributed by atoms with E-state index in [9.17, 15) is 9.18 Å². The van der Waals surface area contributed by atoms with Crippen LogP contribution in [0.3, 0.4) is 0 Å². The maximum Gasteiger partial charge on any atom is 0.258 e. The third kappa shape index (κ3) is 3.65. The number of nitrogens with one attached hydrogen (secondary N) is 1. The number of nitrogens with two attached hydrogens (primary N) is 1. The highest BCUT2D eigenvalue weighted by Gasteiger charge is 2.21. The number of hydrogen-bond donors (Lipinski definition) is 2. The Hall–Kier alpha value is -1.02. The molecular formula is C14H14BrClFN3OS. The third-order valence-corrected chi connectivity index (χ3v) is 5.07. The summed E-state index contributed by atoms with van der Waals surface area (Å²) >= 11 is 4.65. The fourth-order valence-corrected chi connectivity index (χ4v) is 3.92. The summed E-state index contributed by atoms with van der Waals surface area (Å²) in [7, 11) is 0. The summed E-state index contributed by atoms with van der Waals surface area (Å²) in [5.74, 6) is -0.700. The Morgan fingerprint density at radius 3 is 3.00 bits per heavy atom. The van der Waals surface area contributed by atoms with E-state index in [0.717, 1.165) is 29.8 Å². The lowest BCUT2D eigenvalue weighted by molar-refractivity contribution is 0.102. The van der Waals surface area contributed by atoms with Crippen LogP contribution < -0.4 is 11.1 Å². The average molecular weight is 407 g/mol. The minimum absolute atomic E-state index is 0. The zero-order valence-corrected chi connectivity index (χ0v) is 14.7. The van der Waals surface area contributed by atoms with Crippen molar-refractivity contribution in [3.8, 4) is 0 Å². The molecule has 22 heavy (non-hydrogen) atoms. The summed E-state index contributed by atoms with van der Waals surface area (Å²) in [5, 5.41) is 3.33. The van der Waals surface area contributed by atoms with Gasteiger partial charge in [-0.2, -0.15) is 0 Å². The molecule has 0 unspecified atom stereocenters. The fourth-order valence-electron chi connectivity index (χ4n) is 2.29. The maximum absolute atomic E-state index is 13.0. The molecule has 3 rings (SSSR count). The molecule has 0 spiro atoms. The number of anilines is 1. The van der Waals surface area contributed by atoms with E-state index in [1.807, 2.05) is 0 Å². The number of hydrogen-bond acceptors (Lipinski definition) is 4. The molecule has 0 fully saturated rings. The van der Waals surface area contributed by atoms with E-state index < -0.39 is 5.82 Å². The Balaban J connectivity index is 0.00000176. The fraction of sp³-hybridized carbons (Fsp3) is 0.286. The number of amides is 1. The van der Waals surface area contributed by atoms with Gasteiger partial charge in [0.15, 0.2) is 5.13 Å². The van der Waals surface area contributed by atoms with E-state index in [0.29, 0.717) is 15.2 Å². The normalized spacial score (nSPS) is 16.6. The number of fused-ring (bicyclic) bond motifs is 1. The monoisotopic (exact) mass is 405 g/mol. The van der Waals surface area contributed by atoms with Crippen LogP contribution in [0.4, 0.5) is 9.52 Å². The number of aryl methyl sites for hydroxylation is 1. The van der Waals surface area contributed by atoms with Gasteiger partial charge in [0, 0.05) is 15.4 Å². The van der Waals surface area contributed by atoms with Gasteiger partial charge in [-0.25, -0.2) is 9.37 Å². The molecule has 2 aromatic rings. The van der Waals surface area contributed by atoms with Crippen molar-refractivity contribution in [3.63, 3.8) is 0 Å². The first-order valence-electron chi connectivity index (χ1n) is 6.53. The first-order chi connectivity index (χ1) is 10.0. The van der Waals surface area contributed by atoms with Crippen LogP contribution in [0.1, 0.15) is 27.3 Å². The number of benzene rings is 1. The molecule has 0 saturated carbocycles. The largest absolute Gasteiger partial charge is 0.327 e. The van der Waals surface area contributed by atoms with Crippen molar-refractivity contribution in [3.05, 3.63) is 44.6 Å². The molecule has 1 heterocycles. The highest BCUT2D eigenvalue weighted by molar-refractivity contribution is 9.10. The summed E-state index contributed by atoms with van der Waals surface area (Å²) < 4.78 is 13.5. The predicted molar refractivity (Wildman–Crippen MR) is 91.4 cm³/mol. The Morgan fingerprint density at radius 2 is 2.27 bits per heavy atom. The van der Waals surface area contributed by atoms with Gasteiger partial charge in [0.2, 0.25) is 0 Å². The minimum atomic E-state index is -0.392. The summed E-state index contributed by atoms with van der Waals surface area (Å²) in [6, 6.07) is 4.14. The molecule has 1 aromatic carbocycles. The van der Waals surface area contributed by atoms with Crippen molar-refractivity contribution in [1.29, 1.82) is 0 Å². The van der Waals surface area contributed by atoms with E-state index >= 15 is 0 Å². The molecule has 0 aliphatic heterocycles. The molecule has 1 atom stereocenters. The maximum atomic E-state index is 13.0. The van der Waals surface area contributed by atoms with E-state index in [1.165, 1.54) is 29.5 Å². The number of nitrogens with zero attached hydrogens (tertiary/aromatic N) is 1. The van der Waals surface area contributed by atoms with Gasteiger partial charge in [-0.15, -0.1) is 23.7 Å². The summed E-state index contributed by atoms with van der Waals surface area (Å²) in [6.07, 6.45) is 2.58. The Bertz CT molecular complexity index is 709. The molecule has 4 nitrogen and oxygen atoms in total. The first-order valence-corrected chi connectivity index (χ1v) is 8.14. The number of thiazole rings is 1. The van der Waals surface area contributed by atoms with Gasteiger partial charge < -0.3 is 5.73 Å². The number of aromatic nitrogens is 1. The average Bonchev–Trinajstić information content (AvgIpc) is 2.79. The van der Waals surface area contributed by atoms with Crippen molar-refractivity contribution in [2.45, 2.75) is 25.3 Å². The standard InChI is InChI=1S/C14H13BrFN3OS.ClH/c15-10-5-7(16)1-3-9(10)13(20)19-14-18-11-4-2-8(17)6-12(11)21-14;/h1,3,5,8H,2,4,6,17H2,(H,18,19,20);1H/t8-;/m0./s1. The molecule has 1 aliphatic carbocycles. The van der Waals surface area contributed by atoms with Crippen LogP contribution in [0, 0.1) is 5.82 Å². The second-order valence-electron chi connectivity index (χ2n) is 4.97. The van der Waals surface area contributed by atoms with Crippen LogP contribution >= 0.6 is 39.7 Å². The summed E-state index contributed by atoms with van der Waals surface area (Å²) in [5.41, 5.74) is 7.33. The highest BCUT2D eigenvalue weighted by atomic mass is 79.9. The zero-order valence-electron chi connectivity index (χ0n) is 11.4. The topological polar surface area (TPSA) is 68.0 Å². The smallest absolute Gasteiger partial charge is 0.258 e. The van der Waals surface area contributed by atoms with E-state index in [-0.39, 0.29) is 24.4 Å². The lowest BCUT2D eigenvalue weighted by Gasteiger charge is -2.15. The Kier molecular flexibility index (Phi) is 5.55. The van der Waals surface area contributed by atoms with Crippen molar-refractivity contribution >= 4 is 50.7 Å². The van der Waals surface area contributed by atoms with Gasteiger partial charge in [-0.1, -0.05) is 0 Å². The second-order valence-corrected chi connectivity index (χ2v) is 6.91. The number of rotatable bonds is 2. The van der Waals surface area contributed by atoms with Crippen LogP contribution in [-0.4, -0.2) is 16.9 Å². The lowest BCUT2D eigenvalue weighted by Crippen LogP contribution is -2.27. The molecule has 0 radical (unpaired) electrons. The molecule has 0 saturated heterocycles. The van der Waals surface area contributed by atoms with Crippen LogP contribution in [0.15, 0.2) is 22.7 Å². The first kappa shape index (κ1) is 17.3. The summed E-state index contributed by atoms with van der Waals surface area (Å²) in [6.45, 7) is 0. The van der Waals surface area contributed by atoms with Gasteiger partial charge >= 0.3 is 0 Å². The van der Waals surface area contributed by atoms with Gasteiger partial charge in [0.05, 0.1) is 11.3 Å². The predicted octanol–water partition coefficient (Wildman–Crippen LogP) is 3.53. The third-order valence-electron chi connectivity index (χ3n) is 3.37. The van der Waals surface area contributed by atoms with E-state index in [4.69, 9.17) is 5.73 Å². The molecule has 1 aliphatic rings. The van der Waals surface area contributed by atoms with Crippen LogP contribution in [-0.2, 0) is 12.8 Å². The van der Waals surface area contributed by atoms with Crippen molar-refractivity contribution in [2.24, 2.45) is 5.73 Å². The SMILES string of the molecule is Cl.N[C@H]1CCc2nc(NC(=O)c3ccc(F)cc3Br)sc2C1. The number of carbonyl (C=O) groups excluding carboxylic acids is 1. The molecule has 0 bridgehead atoms. The molecule has 1 aromatic heterocycles. The van der Waals surface area contributed by atoms with E-state index in [1.54, 1.807) is 0 Å². The Morgan fingerprint density at radius 1 is 1.50 bits per heavy atom. The van der Waals surface area contributed by atoms with Gasteiger partial charge in [-0.05, 0) is 53.4 Å². The molecule has 8 heteroatoms. The second kappa shape index (κ2) is 7.04. The number of carbonyl (C=O) groups is 1. The lowest BCUT2D eigenvalue weighted by atomic mass is 9.99. The molecule has 1 amide bonds. The quantitative estimate of drug-likeness (QED) is 0.801. The van der Waals surface area contributed by atoms with E-state index in [2.05, 4.69) is 26.2 Å². The highest BCUT2D eigenvalue weighted by Crippen LogP contribution is 2.30. The number of halogens is 3. The van der Waals surface area contributed by atoms with Crippen LogP contribution in [0.2, 0.25) is 0 Å². The van der Waals surface area contributed by atoms with Crippen LogP contribution in [0.5, 0.6) is 0 Å². The van der Waals surface area contributed by atoms with Gasteiger partial charge in [0.25, 0.3) is 5.91 Å². The molecule has 3 N–H and O–H groups in total. The van der Waals surface area contributed by atoms with Crippen LogP contribution in [0.25, 0.3) is 0 Å². The van der Waals surface area contributed by atoms with Crippen molar-refractivity contribution in [2.75, 3.05) is 5.32 Å². The summed E-state index contributed by atoms with van der Waals surface area (Å²) in [4.78, 5) is 17.8.